The molecule has 4 rings (SSSR count). The number of rotatable bonds is 3. The summed E-state index contributed by atoms with van der Waals surface area (Å²) in [5, 5.41) is 13.7. The summed E-state index contributed by atoms with van der Waals surface area (Å²) in [7, 11) is 0. The van der Waals surface area contributed by atoms with Gasteiger partial charge in [0.15, 0.2) is 6.04 Å². The van der Waals surface area contributed by atoms with Gasteiger partial charge in [-0.2, -0.15) is 0 Å². The van der Waals surface area contributed by atoms with Crippen LogP contribution in [0.3, 0.4) is 0 Å². The van der Waals surface area contributed by atoms with Crippen LogP contribution in [0.4, 0.5) is 0 Å². The summed E-state index contributed by atoms with van der Waals surface area (Å²) in [4.78, 5) is 53.3. The van der Waals surface area contributed by atoms with E-state index in [1.165, 1.54) is 22.7 Å². The van der Waals surface area contributed by atoms with Gasteiger partial charge in [-0.05, 0) is 24.7 Å². The van der Waals surface area contributed by atoms with Crippen molar-refractivity contribution in [1.29, 1.82) is 0 Å². The van der Waals surface area contributed by atoms with Crippen molar-refractivity contribution in [2.45, 2.75) is 78.7 Å². The Labute approximate surface area is 224 Å². The van der Waals surface area contributed by atoms with E-state index in [-0.39, 0.29) is 46.9 Å². The molecule has 2 aromatic heterocycles. The van der Waals surface area contributed by atoms with E-state index in [9.17, 15) is 14.4 Å². The Balaban J connectivity index is 1.77. The van der Waals surface area contributed by atoms with Crippen LogP contribution in [0, 0.1) is 17.8 Å². The average molecular weight is 547 g/mol. The third kappa shape index (κ3) is 5.69. The first-order chi connectivity index (χ1) is 17.5. The zero-order valence-electron chi connectivity index (χ0n) is 22.1. The Morgan fingerprint density at radius 3 is 1.70 bits per heavy atom. The van der Waals surface area contributed by atoms with Gasteiger partial charge in [-0.25, -0.2) is 15.0 Å². The van der Waals surface area contributed by atoms with Gasteiger partial charge in [0.1, 0.15) is 33.5 Å². The minimum absolute atomic E-state index is 0.0255. The highest BCUT2D eigenvalue weighted by Gasteiger charge is 2.39. The molecule has 3 N–H and O–H groups in total. The highest BCUT2D eigenvalue weighted by molar-refractivity contribution is 7.10. The molecule has 0 saturated carbocycles. The molecule has 37 heavy (non-hydrogen) atoms. The fourth-order valence-corrected chi connectivity index (χ4v) is 6.27. The molecule has 5 atom stereocenters. The number of hydrogen-bond acceptors (Lipinski definition) is 9. The maximum absolute atomic E-state index is 13.3. The van der Waals surface area contributed by atoms with Gasteiger partial charge in [-0.15, -0.1) is 22.7 Å². The van der Waals surface area contributed by atoms with E-state index in [0.29, 0.717) is 15.9 Å². The predicted octanol–water partition coefficient (Wildman–Crippen LogP) is 3.49. The Hall–Kier alpha value is -2.86. The smallest absolute Gasteiger partial charge is 0.271 e. The summed E-state index contributed by atoms with van der Waals surface area (Å²) in [5.41, 5.74) is 0.530. The van der Waals surface area contributed by atoms with Gasteiger partial charge in [0.2, 0.25) is 11.8 Å². The normalized spacial score (nSPS) is 26.8. The van der Waals surface area contributed by atoms with Crippen molar-refractivity contribution in [3.63, 3.8) is 0 Å². The number of amides is 3. The number of fused-ring (bicyclic) bond motifs is 5. The fourth-order valence-electron chi connectivity index (χ4n) is 4.23. The highest BCUT2D eigenvalue weighted by Crippen LogP contribution is 2.29. The van der Waals surface area contributed by atoms with Crippen molar-refractivity contribution in [2.75, 3.05) is 0 Å². The number of nitrogens with one attached hydrogen (secondary N) is 3. The van der Waals surface area contributed by atoms with E-state index in [4.69, 9.17) is 4.74 Å². The Bertz CT molecular complexity index is 1200. The van der Waals surface area contributed by atoms with Crippen molar-refractivity contribution in [3.8, 4) is 0 Å². The summed E-state index contributed by atoms with van der Waals surface area (Å²) in [5.74, 6) is -0.645. The standard InChI is InChI=1S/C25H34N6O4S2/c1-10(2)16-23-31-19(13(7)35-23)22(34)30-18(12(5)6)25-27-15(9-37-25)21(33)29-17(11(3)4)24-26-14(8-36-24)20(32)28-16/h8-13,16-19H,1-7H3,(H,28,32)(H,29,33)(H,30,34)/t13?,16-,17-,18-,19-/m0/s1. The van der Waals surface area contributed by atoms with Crippen LogP contribution < -0.4 is 16.0 Å². The number of carbonyl (C=O) groups excluding carboxylic acids is 3. The molecular weight excluding hydrogens is 512 g/mol. The summed E-state index contributed by atoms with van der Waals surface area (Å²) in [6, 6.07) is -2.09. The summed E-state index contributed by atoms with van der Waals surface area (Å²) in [6.07, 6.45) is -0.502. The van der Waals surface area contributed by atoms with Crippen molar-refractivity contribution < 1.29 is 19.1 Å². The summed E-state index contributed by atoms with van der Waals surface area (Å²) >= 11 is 2.66. The minimum atomic E-state index is -0.770. The van der Waals surface area contributed by atoms with E-state index in [0.717, 1.165) is 0 Å². The van der Waals surface area contributed by atoms with E-state index in [1.54, 1.807) is 17.7 Å². The lowest BCUT2D eigenvalue weighted by Crippen LogP contribution is -2.45. The molecule has 2 aliphatic rings. The zero-order chi connectivity index (χ0) is 27.0. The first kappa shape index (κ1) is 27.2. The maximum atomic E-state index is 13.3. The third-order valence-electron chi connectivity index (χ3n) is 6.46. The largest absolute Gasteiger partial charge is 0.474 e. The number of carbonyl (C=O) groups is 3. The molecule has 0 fully saturated rings. The van der Waals surface area contributed by atoms with E-state index in [1.807, 2.05) is 41.5 Å². The molecule has 3 amide bonds. The monoisotopic (exact) mass is 546 g/mol. The molecule has 0 spiro atoms. The summed E-state index contributed by atoms with van der Waals surface area (Å²) in [6.45, 7) is 13.6. The van der Waals surface area contributed by atoms with Gasteiger partial charge < -0.3 is 20.7 Å². The van der Waals surface area contributed by atoms with Crippen LogP contribution in [0.15, 0.2) is 15.8 Å². The molecule has 0 aromatic carbocycles. The number of thiazole rings is 2. The lowest BCUT2D eigenvalue weighted by molar-refractivity contribution is -0.124. The molecule has 0 radical (unpaired) electrons. The Kier molecular flexibility index (Phi) is 7.98. The number of nitrogens with zero attached hydrogens (tertiary/aromatic N) is 3. The third-order valence-corrected chi connectivity index (χ3v) is 8.32. The van der Waals surface area contributed by atoms with Gasteiger partial charge in [-0.3, -0.25) is 14.4 Å². The number of aliphatic imine (C=N–C) groups is 1. The maximum Gasteiger partial charge on any atom is 0.271 e. The number of aromatic nitrogens is 2. The quantitative estimate of drug-likeness (QED) is 0.539. The van der Waals surface area contributed by atoms with Crippen molar-refractivity contribution in [1.82, 2.24) is 25.9 Å². The van der Waals surface area contributed by atoms with Crippen LogP contribution in [-0.2, 0) is 9.53 Å². The van der Waals surface area contributed by atoms with E-state index >= 15 is 0 Å². The van der Waals surface area contributed by atoms with Gasteiger partial charge in [0, 0.05) is 10.8 Å². The van der Waals surface area contributed by atoms with Crippen LogP contribution in [-0.4, -0.2) is 51.8 Å². The van der Waals surface area contributed by atoms with Crippen LogP contribution >= 0.6 is 22.7 Å². The molecule has 10 nitrogen and oxygen atoms in total. The van der Waals surface area contributed by atoms with Crippen LogP contribution in [0.5, 0.6) is 0 Å². The topological polar surface area (TPSA) is 135 Å². The highest BCUT2D eigenvalue weighted by atomic mass is 32.1. The van der Waals surface area contributed by atoms with Crippen molar-refractivity contribution >= 4 is 46.3 Å². The molecule has 200 valence electrons. The average Bonchev–Trinajstić information content (AvgIpc) is 3.57. The SMILES string of the molecule is CC1OC2=N[C@@H]1C(=O)N[C@@H](C(C)C)c1nc(cs1)C(=O)N[C@@H](C(C)C)c1nc(cs1)C(=O)N[C@H]2C(C)C. The second-order valence-electron chi connectivity index (χ2n) is 10.5. The van der Waals surface area contributed by atoms with Gasteiger partial charge in [0.05, 0.1) is 12.1 Å². The van der Waals surface area contributed by atoms with Crippen LogP contribution in [0.25, 0.3) is 0 Å². The summed E-state index contributed by atoms with van der Waals surface area (Å²) < 4.78 is 6.00. The molecule has 2 aliphatic heterocycles. The minimum Gasteiger partial charge on any atom is -0.474 e. The molecule has 1 unspecified atom stereocenters. The van der Waals surface area contributed by atoms with Crippen LogP contribution in [0.1, 0.15) is 91.5 Å². The van der Waals surface area contributed by atoms with Crippen molar-refractivity contribution in [2.24, 2.45) is 22.7 Å². The lowest BCUT2D eigenvalue weighted by atomic mass is 10.0. The number of ether oxygens (including phenoxy) is 1. The second-order valence-corrected chi connectivity index (χ2v) is 12.3. The number of hydrogen-bond donors (Lipinski definition) is 3. The Morgan fingerprint density at radius 1 is 0.757 bits per heavy atom. The first-order valence-corrected chi connectivity index (χ1v) is 14.3. The second kappa shape index (κ2) is 10.9. The zero-order valence-corrected chi connectivity index (χ0v) is 23.7. The molecule has 6 bridgehead atoms. The lowest BCUT2D eigenvalue weighted by Gasteiger charge is -2.23. The molecular formula is C25H34N6O4S2. The van der Waals surface area contributed by atoms with E-state index < -0.39 is 30.3 Å². The molecule has 0 aliphatic carbocycles. The van der Waals surface area contributed by atoms with Crippen molar-refractivity contribution in [3.05, 3.63) is 32.2 Å². The fraction of sp³-hybridized carbons (Fsp3) is 0.600. The first-order valence-electron chi connectivity index (χ1n) is 12.5. The van der Waals surface area contributed by atoms with E-state index in [2.05, 4.69) is 30.9 Å². The van der Waals surface area contributed by atoms with Gasteiger partial charge in [-0.1, -0.05) is 41.5 Å². The van der Waals surface area contributed by atoms with Gasteiger partial charge >= 0.3 is 0 Å². The molecule has 0 saturated heterocycles. The van der Waals surface area contributed by atoms with Gasteiger partial charge in [0.25, 0.3) is 11.8 Å². The predicted molar refractivity (Wildman–Crippen MR) is 143 cm³/mol. The Morgan fingerprint density at radius 2 is 1.22 bits per heavy atom. The van der Waals surface area contributed by atoms with Crippen LogP contribution in [0.2, 0.25) is 0 Å². The molecule has 12 heteroatoms. The molecule has 4 heterocycles. The molecule has 2 aromatic rings.